The fraction of sp³-hybridized carbons (Fsp3) is 0.625. The van der Waals surface area contributed by atoms with Crippen LogP contribution in [0.4, 0.5) is 0 Å². The lowest BCUT2D eigenvalue weighted by Crippen LogP contribution is -2.14. The minimum Gasteiger partial charge on any atom is -0.378 e. The molecule has 0 radical (unpaired) electrons. The number of hydrogen-bond donors (Lipinski definition) is 1. The van der Waals surface area contributed by atoms with Crippen molar-refractivity contribution in [2.45, 2.75) is 58.1 Å². The molecule has 0 saturated carbocycles. The summed E-state index contributed by atoms with van der Waals surface area (Å²) in [5, 5.41) is 0. The second-order valence-corrected chi connectivity index (χ2v) is 5.48. The van der Waals surface area contributed by atoms with Crippen LogP contribution in [0.2, 0.25) is 0 Å². The molecule has 1 aromatic carbocycles. The zero-order chi connectivity index (χ0) is 13.0. The maximum absolute atomic E-state index is 6.34. The van der Waals surface area contributed by atoms with Crippen molar-refractivity contribution in [2.24, 2.45) is 5.73 Å². The Morgan fingerprint density at radius 2 is 2.06 bits per heavy atom. The third kappa shape index (κ3) is 3.33. The van der Waals surface area contributed by atoms with Crippen LogP contribution in [0.25, 0.3) is 0 Å². The van der Waals surface area contributed by atoms with Crippen molar-refractivity contribution in [3.05, 3.63) is 34.9 Å². The van der Waals surface area contributed by atoms with Crippen molar-refractivity contribution < 1.29 is 4.74 Å². The molecular weight excluding hydrogens is 222 g/mol. The van der Waals surface area contributed by atoms with E-state index in [2.05, 4.69) is 32.0 Å². The van der Waals surface area contributed by atoms with Gasteiger partial charge in [-0.1, -0.05) is 18.2 Å². The van der Waals surface area contributed by atoms with E-state index < -0.39 is 0 Å². The molecule has 2 nitrogen and oxygen atoms in total. The average molecular weight is 247 g/mol. The van der Waals surface area contributed by atoms with Gasteiger partial charge >= 0.3 is 0 Å². The van der Waals surface area contributed by atoms with E-state index >= 15 is 0 Å². The van der Waals surface area contributed by atoms with Crippen molar-refractivity contribution in [3.63, 3.8) is 0 Å². The van der Waals surface area contributed by atoms with Crippen LogP contribution in [0.3, 0.4) is 0 Å². The first-order valence-electron chi connectivity index (χ1n) is 7.12. The lowest BCUT2D eigenvalue weighted by atomic mass is 9.93. The fourth-order valence-electron chi connectivity index (χ4n) is 2.99. The minimum absolute atomic E-state index is 0.174. The van der Waals surface area contributed by atoms with Gasteiger partial charge in [-0.15, -0.1) is 0 Å². The molecule has 0 amide bonds. The highest BCUT2D eigenvalue weighted by Crippen LogP contribution is 2.25. The molecule has 1 saturated heterocycles. The van der Waals surface area contributed by atoms with E-state index in [0.717, 1.165) is 13.0 Å². The van der Waals surface area contributed by atoms with Crippen molar-refractivity contribution in [1.29, 1.82) is 0 Å². The van der Waals surface area contributed by atoms with Gasteiger partial charge in [-0.05, 0) is 62.6 Å². The van der Waals surface area contributed by atoms with E-state index in [1.807, 2.05) is 0 Å². The second-order valence-electron chi connectivity index (χ2n) is 5.48. The highest BCUT2D eigenvalue weighted by Gasteiger charge is 2.16. The summed E-state index contributed by atoms with van der Waals surface area (Å²) in [6, 6.07) is 6.59. The van der Waals surface area contributed by atoms with E-state index in [9.17, 15) is 0 Å². The van der Waals surface area contributed by atoms with Crippen molar-refractivity contribution in [2.75, 3.05) is 6.61 Å². The molecule has 1 heterocycles. The maximum Gasteiger partial charge on any atom is 0.0576 e. The first-order chi connectivity index (χ1) is 8.68. The Morgan fingerprint density at radius 3 is 2.67 bits per heavy atom. The van der Waals surface area contributed by atoms with Gasteiger partial charge in [0.25, 0.3) is 0 Å². The lowest BCUT2D eigenvalue weighted by Gasteiger charge is -2.18. The van der Waals surface area contributed by atoms with Crippen LogP contribution in [0, 0.1) is 13.8 Å². The van der Waals surface area contributed by atoms with Gasteiger partial charge in [-0.25, -0.2) is 0 Å². The van der Waals surface area contributed by atoms with E-state index in [4.69, 9.17) is 10.5 Å². The predicted molar refractivity (Wildman–Crippen MR) is 75.7 cm³/mol. The Labute approximate surface area is 111 Å². The summed E-state index contributed by atoms with van der Waals surface area (Å²) in [6.07, 6.45) is 6.35. The Hall–Kier alpha value is -0.860. The molecule has 2 atom stereocenters. The molecule has 2 heteroatoms. The summed E-state index contributed by atoms with van der Waals surface area (Å²) >= 11 is 0. The summed E-state index contributed by atoms with van der Waals surface area (Å²) in [5.41, 5.74) is 10.3. The normalized spacial score (nSPS) is 21.2. The van der Waals surface area contributed by atoms with Gasteiger partial charge in [0.1, 0.15) is 0 Å². The molecule has 100 valence electrons. The quantitative estimate of drug-likeness (QED) is 0.862. The Kier molecular flexibility index (Phi) is 4.79. The zero-order valence-corrected chi connectivity index (χ0v) is 11.6. The lowest BCUT2D eigenvalue weighted by molar-refractivity contribution is 0.101. The topological polar surface area (TPSA) is 35.2 Å². The second kappa shape index (κ2) is 6.35. The minimum atomic E-state index is 0.174. The van der Waals surface area contributed by atoms with Gasteiger partial charge in [0.05, 0.1) is 6.10 Å². The van der Waals surface area contributed by atoms with Crippen LogP contribution < -0.4 is 5.73 Å². The first-order valence-corrected chi connectivity index (χ1v) is 7.12. The molecule has 0 aliphatic carbocycles. The molecule has 2 N–H and O–H groups in total. The average Bonchev–Trinajstić information content (AvgIpc) is 2.82. The van der Waals surface area contributed by atoms with Crippen LogP contribution in [0.5, 0.6) is 0 Å². The molecule has 2 rings (SSSR count). The first kappa shape index (κ1) is 13.6. The third-order valence-corrected chi connectivity index (χ3v) is 3.98. The van der Waals surface area contributed by atoms with Crippen molar-refractivity contribution in [3.8, 4) is 0 Å². The highest BCUT2D eigenvalue weighted by molar-refractivity contribution is 5.35. The van der Waals surface area contributed by atoms with E-state index in [1.54, 1.807) is 0 Å². The summed E-state index contributed by atoms with van der Waals surface area (Å²) < 4.78 is 5.65. The number of hydrogen-bond acceptors (Lipinski definition) is 2. The van der Waals surface area contributed by atoms with E-state index in [1.165, 1.54) is 42.4 Å². The van der Waals surface area contributed by atoms with Gasteiger partial charge in [0.15, 0.2) is 0 Å². The van der Waals surface area contributed by atoms with Crippen molar-refractivity contribution >= 4 is 0 Å². The largest absolute Gasteiger partial charge is 0.378 e. The van der Waals surface area contributed by atoms with E-state index in [0.29, 0.717) is 6.10 Å². The van der Waals surface area contributed by atoms with E-state index in [-0.39, 0.29) is 6.04 Å². The Morgan fingerprint density at radius 1 is 1.33 bits per heavy atom. The smallest absolute Gasteiger partial charge is 0.0576 e. The molecule has 0 aromatic heterocycles. The molecule has 1 aromatic rings. The molecule has 1 aliphatic heterocycles. The SMILES string of the molecule is Cc1cccc(C)c1C(N)CCCC1CCCO1. The van der Waals surface area contributed by atoms with Crippen LogP contribution in [-0.2, 0) is 4.74 Å². The van der Waals surface area contributed by atoms with Gasteiger partial charge in [-0.3, -0.25) is 0 Å². The van der Waals surface area contributed by atoms with Crippen molar-refractivity contribution in [1.82, 2.24) is 0 Å². The van der Waals surface area contributed by atoms with Crippen LogP contribution in [0.15, 0.2) is 18.2 Å². The maximum atomic E-state index is 6.34. The fourth-order valence-corrected chi connectivity index (χ4v) is 2.99. The highest BCUT2D eigenvalue weighted by atomic mass is 16.5. The molecule has 0 bridgehead atoms. The molecule has 18 heavy (non-hydrogen) atoms. The third-order valence-electron chi connectivity index (χ3n) is 3.98. The molecule has 2 unspecified atom stereocenters. The summed E-state index contributed by atoms with van der Waals surface area (Å²) in [6.45, 7) is 5.26. The van der Waals surface area contributed by atoms with Crippen LogP contribution in [-0.4, -0.2) is 12.7 Å². The molecular formula is C16H25NO. The molecule has 1 fully saturated rings. The Balaban J connectivity index is 1.85. The van der Waals surface area contributed by atoms with Gasteiger partial charge in [0.2, 0.25) is 0 Å². The molecule has 0 spiro atoms. The van der Waals surface area contributed by atoms with Gasteiger partial charge < -0.3 is 10.5 Å². The van der Waals surface area contributed by atoms with Crippen LogP contribution in [0.1, 0.15) is 54.8 Å². The number of ether oxygens (including phenoxy) is 1. The summed E-state index contributed by atoms with van der Waals surface area (Å²) in [4.78, 5) is 0. The summed E-state index contributed by atoms with van der Waals surface area (Å²) in [5.74, 6) is 0. The Bertz CT molecular complexity index is 362. The summed E-state index contributed by atoms with van der Waals surface area (Å²) in [7, 11) is 0. The van der Waals surface area contributed by atoms with Gasteiger partial charge in [0, 0.05) is 12.6 Å². The number of benzene rings is 1. The predicted octanol–water partition coefficient (Wildman–Crippen LogP) is 3.65. The standard InChI is InChI=1S/C16H25NO/c1-12-6-3-7-13(2)16(12)15(17)10-4-8-14-9-5-11-18-14/h3,6-7,14-15H,4-5,8-11,17H2,1-2H3. The number of nitrogens with two attached hydrogens (primary N) is 1. The number of aryl methyl sites for hydroxylation is 2. The number of rotatable bonds is 5. The van der Waals surface area contributed by atoms with Gasteiger partial charge in [-0.2, -0.15) is 0 Å². The molecule has 1 aliphatic rings. The van der Waals surface area contributed by atoms with Crippen LogP contribution >= 0.6 is 0 Å². The zero-order valence-electron chi connectivity index (χ0n) is 11.6. The monoisotopic (exact) mass is 247 g/mol.